The van der Waals surface area contributed by atoms with Gasteiger partial charge in [-0.25, -0.2) is 0 Å². The fourth-order valence-corrected chi connectivity index (χ4v) is 1.57. The Balaban J connectivity index is 2.51. The fraction of sp³-hybridized carbons (Fsp3) is 0.800. The van der Waals surface area contributed by atoms with Crippen LogP contribution >= 0.6 is 0 Å². The largest absolute Gasteiger partial charge is 0.303 e. The smallest absolute Gasteiger partial charge is 0.0273 e. The third-order valence-electron chi connectivity index (χ3n) is 2.64. The van der Waals surface area contributed by atoms with Gasteiger partial charge in [-0.1, -0.05) is 11.6 Å². The monoisotopic (exact) mass is 153 g/mol. The Morgan fingerprint density at radius 1 is 1.36 bits per heavy atom. The summed E-state index contributed by atoms with van der Waals surface area (Å²) < 4.78 is 0. The summed E-state index contributed by atoms with van der Waals surface area (Å²) in [6, 6.07) is 0.648. The molecule has 0 aliphatic heterocycles. The van der Waals surface area contributed by atoms with Crippen LogP contribution in [0.2, 0.25) is 0 Å². The Morgan fingerprint density at radius 2 is 2.09 bits per heavy atom. The molecule has 0 bridgehead atoms. The van der Waals surface area contributed by atoms with Crippen LogP contribution in [0.4, 0.5) is 0 Å². The lowest BCUT2D eigenvalue weighted by Gasteiger charge is -2.25. The maximum atomic E-state index is 2.42. The van der Waals surface area contributed by atoms with Crippen LogP contribution in [0.15, 0.2) is 11.6 Å². The number of hydrogen-bond donors (Lipinski definition) is 0. The van der Waals surface area contributed by atoms with Crippen molar-refractivity contribution in [3.8, 4) is 0 Å². The predicted octanol–water partition coefficient (Wildman–Crippen LogP) is 2.44. The third kappa shape index (κ3) is 2.33. The minimum Gasteiger partial charge on any atom is -0.303 e. The van der Waals surface area contributed by atoms with Gasteiger partial charge in [0.15, 0.2) is 0 Å². The Hall–Kier alpha value is -0.300. The van der Waals surface area contributed by atoms with Gasteiger partial charge in [-0.05, 0) is 46.7 Å². The molecule has 0 fully saturated rings. The fourth-order valence-electron chi connectivity index (χ4n) is 1.57. The van der Waals surface area contributed by atoms with Gasteiger partial charge in [0.05, 0.1) is 0 Å². The summed E-state index contributed by atoms with van der Waals surface area (Å²) in [4.78, 5) is 2.29. The normalized spacial score (nSPS) is 21.6. The number of hydrogen-bond acceptors (Lipinski definition) is 1. The third-order valence-corrected chi connectivity index (χ3v) is 2.64. The van der Waals surface area contributed by atoms with Crippen LogP contribution in [0.25, 0.3) is 0 Å². The highest BCUT2D eigenvalue weighted by Gasteiger charge is 2.12. The minimum absolute atomic E-state index is 0.648. The molecule has 0 heterocycles. The second kappa shape index (κ2) is 3.91. The van der Waals surface area contributed by atoms with Gasteiger partial charge in [-0.2, -0.15) is 0 Å². The average Bonchev–Trinajstić information content (AvgIpc) is 2.05. The number of likely N-dealkylation sites (N-methyl/N-ethyl adjacent to an activating group) is 1. The van der Waals surface area contributed by atoms with E-state index in [0.29, 0.717) is 6.04 Å². The molecule has 1 aliphatic carbocycles. The Bertz CT molecular complexity index is 147. The first-order valence-corrected chi connectivity index (χ1v) is 4.57. The summed E-state index contributed by atoms with van der Waals surface area (Å²) in [6.45, 7) is 2.29. The summed E-state index contributed by atoms with van der Waals surface area (Å²) in [5.41, 5.74) is 1.64. The van der Waals surface area contributed by atoms with Gasteiger partial charge in [-0.15, -0.1) is 0 Å². The van der Waals surface area contributed by atoms with Gasteiger partial charge in [0, 0.05) is 6.04 Å². The topological polar surface area (TPSA) is 3.24 Å². The number of nitrogens with zero attached hydrogens (tertiary/aromatic N) is 1. The molecule has 0 amide bonds. The zero-order valence-corrected chi connectivity index (χ0v) is 7.93. The summed E-state index contributed by atoms with van der Waals surface area (Å²) in [5.74, 6) is 0. The molecule has 64 valence electrons. The van der Waals surface area contributed by atoms with Gasteiger partial charge in [-0.3, -0.25) is 0 Å². The molecule has 1 heteroatoms. The van der Waals surface area contributed by atoms with Crippen molar-refractivity contribution < 1.29 is 0 Å². The van der Waals surface area contributed by atoms with Crippen molar-refractivity contribution in [3.05, 3.63) is 11.6 Å². The highest BCUT2D eigenvalue weighted by atomic mass is 15.1. The maximum absolute atomic E-state index is 2.42. The van der Waals surface area contributed by atoms with E-state index in [1.165, 1.54) is 25.7 Å². The molecule has 1 nitrogen and oxygen atoms in total. The molecular weight excluding hydrogens is 134 g/mol. The van der Waals surface area contributed by atoms with E-state index >= 15 is 0 Å². The first-order chi connectivity index (χ1) is 5.22. The van der Waals surface area contributed by atoms with Crippen LogP contribution in [0, 0.1) is 0 Å². The second-order valence-corrected chi connectivity index (χ2v) is 3.66. The average molecular weight is 153 g/mol. The van der Waals surface area contributed by atoms with E-state index in [1.54, 1.807) is 5.57 Å². The molecule has 11 heavy (non-hydrogen) atoms. The first kappa shape index (κ1) is 8.79. The molecule has 0 saturated heterocycles. The van der Waals surface area contributed by atoms with Crippen molar-refractivity contribution >= 4 is 0 Å². The van der Waals surface area contributed by atoms with Crippen LogP contribution in [0.3, 0.4) is 0 Å². The van der Waals surface area contributed by atoms with Crippen LogP contribution in [0.1, 0.15) is 32.6 Å². The summed E-state index contributed by atoms with van der Waals surface area (Å²) in [6.07, 6.45) is 7.83. The highest BCUT2D eigenvalue weighted by Crippen LogP contribution is 2.21. The molecule has 1 aliphatic rings. The quantitative estimate of drug-likeness (QED) is 0.551. The highest BCUT2D eigenvalue weighted by molar-refractivity contribution is 5.11. The summed E-state index contributed by atoms with van der Waals surface area (Å²) >= 11 is 0. The van der Waals surface area contributed by atoms with E-state index in [9.17, 15) is 0 Å². The van der Waals surface area contributed by atoms with Crippen LogP contribution in [-0.4, -0.2) is 25.0 Å². The van der Waals surface area contributed by atoms with Crippen molar-refractivity contribution in [2.24, 2.45) is 0 Å². The number of rotatable bonds is 2. The van der Waals surface area contributed by atoms with Crippen molar-refractivity contribution in [1.82, 2.24) is 4.90 Å². The molecule has 0 N–H and O–H groups in total. The molecule has 0 aromatic carbocycles. The standard InChI is InChI=1S/C10H19N/c1-9(11(2)3)10-7-5-4-6-8-10/h7,9H,4-6,8H2,1-3H3. The van der Waals surface area contributed by atoms with Gasteiger partial charge in [0.1, 0.15) is 0 Å². The van der Waals surface area contributed by atoms with Crippen molar-refractivity contribution in [2.75, 3.05) is 14.1 Å². The maximum Gasteiger partial charge on any atom is 0.0273 e. The predicted molar refractivity (Wildman–Crippen MR) is 49.7 cm³/mol. The lowest BCUT2D eigenvalue weighted by Crippen LogP contribution is -2.27. The zero-order valence-electron chi connectivity index (χ0n) is 7.93. The van der Waals surface area contributed by atoms with E-state index in [2.05, 4.69) is 32.0 Å². The minimum atomic E-state index is 0.648. The zero-order chi connectivity index (χ0) is 8.27. The summed E-state index contributed by atoms with van der Waals surface area (Å²) in [7, 11) is 4.31. The lowest BCUT2D eigenvalue weighted by atomic mass is 9.94. The number of allylic oxidation sites excluding steroid dienone is 1. The Morgan fingerprint density at radius 3 is 2.55 bits per heavy atom. The molecule has 0 spiro atoms. The summed E-state index contributed by atoms with van der Waals surface area (Å²) in [5, 5.41) is 0. The van der Waals surface area contributed by atoms with E-state index in [1.807, 2.05) is 0 Å². The molecule has 0 aromatic heterocycles. The molecule has 0 aromatic rings. The van der Waals surface area contributed by atoms with E-state index in [0.717, 1.165) is 0 Å². The van der Waals surface area contributed by atoms with Gasteiger partial charge < -0.3 is 4.90 Å². The Kier molecular flexibility index (Phi) is 3.13. The molecular formula is C10H19N. The molecule has 0 saturated carbocycles. The second-order valence-electron chi connectivity index (χ2n) is 3.66. The van der Waals surface area contributed by atoms with E-state index < -0.39 is 0 Å². The Labute approximate surface area is 70.1 Å². The van der Waals surface area contributed by atoms with Gasteiger partial charge in [0.25, 0.3) is 0 Å². The van der Waals surface area contributed by atoms with Crippen LogP contribution < -0.4 is 0 Å². The molecule has 1 unspecified atom stereocenters. The van der Waals surface area contributed by atoms with E-state index in [4.69, 9.17) is 0 Å². The van der Waals surface area contributed by atoms with Crippen LogP contribution in [-0.2, 0) is 0 Å². The SMILES string of the molecule is CC(C1=CCCCC1)N(C)C. The van der Waals surface area contributed by atoms with Gasteiger partial charge in [0.2, 0.25) is 0 Å². The van der Waals surface area contributed by atoms with E-state index in [-0.39, 0.29) is 0 Å². The molecule has 0 radical (unpaired) electrons. The van der Waals surface area contributed by atoms with Crippen molar-refractivity contribution in [2.45, 2.75) is 38.6 Å². The van der Waals surface area contributed by atoms with Crippen molar-refractivity contribution in [3.63, 3.8) is 0 Å². The molecule has 1 atom stereocenters. The van der Waals surface area contributed by atoms with Gasteiger partial charge >= 0.3 is 0 Å². The van der Waals surface area contributed by atoms with Crippen LogP contribution in [0.5, 0.6) is 0 Å². The molecule has 1 rings (SSSR count). The lowest BCUT2D eigenvalue weighted by molar-refractivity contribution is 0.339. The van der Waals surface area contributed by atoms with Crippen molar-refractivity contribution in [1.29, 1.82) is 0 Å². The first-order valence-electron chi connectivity index (χ1n) is 4.57.